The largest absolute Gasteiger partial charge is 0.271 e. The fraction of sp³-hybridized carbons (Fsp3) is 0.625. The van der Waals surface area contributed by atoms with Crippen LogP contribution in [0.3, 0.4) is 0 Å². The Kier molecular flexibility index (Phi) is 7.68. The minimum atomic E-state index is -0.154. The van der Waals surface area contributed by atoms with Gasteiger partial charge in [-0.1, -0.05) is 57.6 Å². The quantitative estimate of drug-likeness (QED) is 0.395. The topological polar surface area (TPSA) is 38.0 Å². The second kappa shape index (κ2) is 9.05. The fourth-order valence-corrected chi connectivity index (χ4v) is 2.36. The van der Waals surface area contributed by atoms with Crippen LogP contribution >= 0.6 is 0 Å². The van der Waals surface area contributed by atoms with E-state index in [0.29, 0.717) is 5.56 Å². The second-order valence-corrected chi connectivity index (χ2v) is 5.28. The van der Waals surface area contributed by atoms with Crippen LogP contribution in [0.2, 0.25) is 0 Å². The zero-order chi connectivity index (χ0) is 14.1. The van der Waals surface area contributed by atoms with Gasteiger partial charge in [0.05, 0.1) is 0 Å². The summed E-state index contributed by atoms with van der Waals surface area (Å²) < 4.78 is 13.2. The SMILES string of the molecule is CCCCCCCCC(NN)c1ccc(F)c(C)c1. The second-order valence-electron chi connectivity index (χ2n) is 5.28. The molecule has 1 aromatic carbocycles. The molecule has 0 saturated carbocycles. The summed E-state index contributed by atoms with van der Waals surface area (Å²) in [6, 6.07) is 5.36. The third-order valence-corrected chi connectivity index (χ3v) is 3.63. The van der Waals surface area contributed by atoms with Gasteiger partial charge in [-0.2, -0.15) is 0 Å². The van der Waals surface area contributed by atoms with E-state index in [-0.39, 0.29) is 11.9 Å². The molecule has 0 aliphatic heterocycles. The standard InChI is InChI=1S/C16H27FN2/c1-3-4-5-6-7-8-9-16(19-18)14-10-11-15(17)13(2)12-14/h10-12,16,19H,3-9,18H2,1-2H3. The van der Waals surface area contributed by atoms with Gasteiger partial charge in [0.2, 0.25) is 0 Å². The molecule has 0 fully saturated rings. The van der Waals surface area contributed by atoms with Crippen LogP contribution in [-0.2, 0) is 0 Å². The molecule has 108 valence electrons. The van der Waals surface area contributed by atoms with E-state index >= 15 is 0 Å². The first-order chi connectivity index (χ1) is 9.19. The first-order valence-corrected chi connectivity index (χ1v) is 7.41. The molecular weight excluding hydrogens is 239 g/mol. The summed E-state index contributed by atoms with van der Waals surface area (Å²) in [6.07, 6.45) is 8.65. The number of hydrazine groups is 1. The molecule has 1 unspecified atom stereocenters. The maximum Gasteiger partial charge on any atom is 0.126 e. The average Bonchev–Trinajstić information content (AvgIpc) is 2.41. The van der Waals surface area contributed by atoms with Gasteiger partial charge in [0.25, 0.3) is 0 Å². The van der Waals surface area contributed by atoms with Crippen molar-refractivity contribution < 1.29 is 4.39 Å². The average molecular weight is 266 g/mol. The van der Waals surface area contributed by atoms with E-state index in [1.54, 1.807) is 6.92 Å². The van der Waals surface area contributed by atoms with Crippen LogP contribution in [0.1, 0.15) is 69.0 Å². The Hall–Kier alpha value is -0.930. The summed E-state index contributed by atoms with van der Waals surface area (Å²) in [7, 11) is 0. The van der Waals surface area contributed by atoms with E-state index in [4.69, 9.17) is 5.84 Å². The van der Waals surface area contributed by atoms with Crippen molar-refractivity contribution in [2.45, 2.75) is 64.8 Å². The molecule has 1 rings (SSSR count). The first-order valence-electron chi connectivity index (χ1n) is 7.41. The van der Waals surface area contributed by atoms with Gasteiger partial charge in [0.1, 0.15) is 5.82 Å². The van der Waals surface area contributed by atoms with Gasteiger partial charge in [-0.05, 0) is 30.5 Å². The number of halogens is 1. The van der Waals surface area contributed by atoms with Crippen molar-refractivity contribution >= 4 is 0 Å². The highest BCUT2D eigenvalue weighted by molar-refractivity contribution is 5.26. The molecule has 3 heteroatoms. The van der Waals surface area contributed by atoms with Crippen LogP contribution in [0, 0.1) is 12.7 Å². The summed E-state index contributed by atoms with van der Waals surface area (Å²) in [5.74, 6) is 5.46. The Bertz CT molecular complexity index is 366. The highest BCUT2D eigenvalue weighted by Crippen LogP contribution is 2.21. The number of nitrogens with one attached hydrogen (secondary N) is 1. The molecule has 0 radical (unpaired) electrons. The number of aryl methyl sites for hydroxylation is 1. The number of hydrogen-bond acceptors (Lipinski definition) is 2. The van der Waals surface area contributed by atoms with E-state index in [1.165, 1.54) is 38.2 Å². The van der Waals surface area contributed by atoms with Crippen LogP contribution < -0.4 is 11.3 Å². The highest BCUT2D eigenvalue weighted by Gasteiger charge is 2.10. The van der Waals surface area contributed by atoms with Crippen LogP contribution in [0.4, 0.5) is 4.39 Å². The first kappa shape index (κ1) is 16.1. The lowest BCUT2D eigenvalue weighted by Crippen LogP contribution is -2.28. The molecule has 19 heavy (non-hydrogen) atoms. The Morgan fingerprint density at radius 1 is 1.16 bits per heavy atom. The molecule has 0 amide bonds. The Morgan fingerprint density at radius 3 is 2.47 bits per heavy atom. The van der Waals surface area contributed by atoms with Crippen molar-refractivity contribution in [1.82, 2.24) is 5.43 Å². The summed E-state index contributed by atoms with van der Waals surface area (Å²) in [4.78, 5) is 0. The van der Waals surface area contributed by atoms with Gasteiger partial charge in [-0.15, -0.1) is 0 Å². The molecule has 0 saturated heterocycles. The van der Waals surface area contributed by atoms with Crippen molar-refractivity contribution in [3.8, 4) is 0 Å². The van der Waals surface area contributed by atoms with Crippen molar-refractivity contribution in [1.29, 1.82) is 0 Å². The molecule has 1 aromatic rings. The number of unbranched alkanes of at least 4 members (excludes halogenated alkanes) is 5. The number of hydrogen-bond donors (Lipinski definition) is 2. The molecule has 2 nitrogen and oxygen atoms in total. The van der Waals surface area contributed by atoms with Gasteiger partial charge in [-0.25, -0.2) is 4.39 Å². The predicted octanol–water partition coefficient (Wildman–Crippen LogP) is 4.39. The van der Waals surface area contributed by atoms with Crippen LogP contribution in [0.15, 0.2) is 18.2 Å². The molecule has 0 aliphatic rings. The van der Waals surface area contributed by atoms with Gasteiger partial charge < -0.3 is 0 Å². The fourth-order valence-electron chi connectivity index (χ4n) is 2.36. The van der Waals surface area contributed by atoms with Gasteiger partial charge in [-0.3, -0.25) is 11.3 Å². The Labute approximate surface area is 116 Å². The molecule has 3 N–H and O–H groups in total. The van der Waals surface area contributed by atoms with Gasteiger partial charge in [0.15, 0.2) is 0 Å². The van der Waals surface area contributed by atoms with E-state index in [1.807, 2.05) is 12.1 Å². The third-order valence-electron chi connectivity index (χ3n) is 3.63. The summed E-state index contributed by atoms with van der Waals surface area (Å²) in [6.45, 7) is 4.02. The Morgan fingerprint density at radius 2 is 1.84 bits per heavy atom. The molecule has 0 bridgehead atoms. The summed E-state index contributed by atoms with van der Waals surface area (Å²) in [5, 5.41) is 0. The lowest BCUT2D eigenvalue weighted by molar-refractivity contribution is 0.476. The van der Waals surface area contributed by atoms with E-state index in [9.17, 15) is 4.39 Å². The molecular formula is C16H27FN2. The van der Waals surface area contributed by atoms with Crippen LogP contribution in [-0.4, -0.2) is 0 Å². The molecule has 0 spiro atoms. The van der Waals surface area contributed by atoms with Gasteiger partial charge in [0, 0.05) is 6.04 Å². The molecule has 1 atom stereocenters. The summed E-state index contributed by atoms with van der Waals surface area (Å²) in [5.41, 5.74) is 4.60. The number of benzene rings is 1. The van der Waals surface area contributed by atoms with E-state index in [2.05, 4.69) is 12.3 Å². The van der Waals surface area contributed by atoms with Crippen LogP contribution in [0.5, 0.6) is 0 Å². The van der Waals surface area contributed by atoms with Gasteiger partial charge >= 0.3 is 0 Å². The molecule has 0 aromatic heterocycles. The number of rotatable bonds is 9. The zero-order valence-corrected chi connectivity index (χ0v) is 12.2. The normalized spacial score (nSPS) is 12.6. The number of nitrogens with two attached hydrogens (primary N) is 1. The van der Waals surface area contributed by atoms with E-state index < -0.39 is 0 Å². The van der Waals surface area contributed by atoms with Crippen molar-refractivity contribution in [3.05, 3.63) is 35.1 Å². The van der Waals surface area contributed by atoms with Crippen molar-refractivity contribution in [2.75, 3.05) is 0 Å². The van der Waals surface area contributed by atoms with E-state index in [0.717, 1.165) is 18.4 Å². The third kappa shape index (κ3) is 5.70. The lowest BCUT2D eigenvalue weighted by atomic mass is 9.98. The van der Waals surface area contributed by atoms with Crippen molar-refractivity contribution in [2.24, 2.45) is 5.84 Å². The molecule has 0 aliphatic carbocycles. The van der Waals surface area contributed by atoms with Crippen LogP contribution in [0.25, 0.3) is 0 Å². The zero-order valence-electron chi connectivity index (χ0n) is 12.2. The minimum absolute atomic E-state index is 0.130. The highest BCUT2D eigenvalue weighted by atomic mass is 19.1. The smallest absolute Gasteiger partial charge is 0.126 e. The molecule has 0 heterocycles. The minimum Gasteiger partial charge on any atom is -0.271 e. The lowest BCUT2D eigenvalue weighted by Gasteiger charge is -2.17. The maximum absolute atomic E-state index is 13.2. The van der Waals surface area contributed by atoms with Crippen molar-refractivity contribution in [3.63, 3.8) is 0 Å². The monoisotopic (exact) mass is 266 g/mol. The maximum atomic E-state index is 13.2. The summed E-state index contributed by atoms with van der Waals surface area (Å²) >= 11 is 0. The Balaban J connectivity index is 2.38. The predicted molar refractivity (Wildman–Crippen MR) is 79.2 cm³/mol.